The van der Waals surface area contributed by atoms with Crippen LogP contribution in [0.15, 0.2) is 36.4 Å². The molecule has 1 N–H and O–H groups in total. The molecule has 1 amide bonds. The van der Waals surface area contributed by atoms with Crippen LogP contribution in [0.5, 0.6) is 0 Å². The van der Waals surface area contributed by atoms with Gasteiger partial charge in [0.05, 0.1) is 9.85 Å². The Labute approximate surface area is 131 Å². The largest absolute Gasteiger partial charge is 0.322 e. The highest BCUT2D eigenvalue weighted by Gasteiger charge is 2.16. The van der Waals surface area contributed by atoms with E-state index in [1.54, 1.807) is 13.8 Å². The number of anilines is 1. The quantitative estimate of drug-likeness (QED) is 0.686. The molecule has 8 nitrogen and oxygen atoms in total. The summed E-state index contributed by atoms with van der Waals surface area (Å²) in [6.45, 7) is 3.21. The number of non-ortho nitro benzene ring substituents is 1. The van der Waals surface area contributed by atoms with E-state index in [4.69, 9.17) is 0 Å². The minimum absolute atomic E-state index is 0.0773. The Morgan fingerprint density at radius 1 is 0.957 bits per heavy atom. The van der Waals surface area contributed by atoms with Crippen LogP contribution in [0.4, 0.5) is 17.1 Å². The highest BCUT2D eigenvalue weighted by atomic mass is 16.6. The maximum absolute atomic E-state index is 12.2. The van der Waals surface area contributed by atoms with Crippen LogP contribution in [-0.2, 0) is 0 Å². The molecule has 0 radical (unpaired) electrons. The lowest BCUT2D eigenvalue weighted by Crippen LogP contribution is -2.13. The van der Waals surface area contributed by atoms with Crippen molar-refractivity contribution in [2.45, 2.75) is 13.8 Å². The van der Waals surface area contributed by atoms with Crippen molar-refractivity contribution in [1.82, 2.24) is 0 Å². The van der Waals surface area contributed by atoms with Crippen molar-refractivity contribution in [2.75, 3.05) is 5.32 Å². The summed E-state index contributed by atoms with van der Waals surface area (Å²) in [6.07, 6.45) is 0. The summed E-state index contributed by atoms with van der Waals surface area (Å²) in [7, 11) is 0. The van der Waals surface area contributed by atoms with Crippen molar-refractivity contribution < 1.29 is 14.6 Å². The molecule has 0 aromatic heterocycles. The van der Waals surface area contributed by atoms with Crippen LogP contribution in [0.2, 0.25) is 0 Å². The van der Waals surface area contributed by atoms with E-state index < -0.39 is 15.8 Å². The van der Waals surface area contributed by atoms with E-state index in [1.807, 2.05) is 0 Å². The van der Waals surface area contributed by atoms with Gasteiger partial charge >= 0.3 is 0 Å². The number of carbonyl (C=O) groups is 1. The Bertz CT molecular complexity index is 817. The number of nitrogens with one attached hydrogen (secondary N) is 1. The molecule has 0 atom stereocenters. The first-order valence-electron chi connectivity index (χ1n) is 6.61. The van der Waals surface area contributed by atoms with Crippen molar-refractivity contribution in [2.24, 2.45) is 0 Å². The predicted molar refractivity (Wildman–Crippen MR) is 83.6 cm³/mol. The number of carbonyl (C=O) groups excluding carboxylic acids is 1. The second-order valence-electron chi connectivity index (χ2n) is 4.97. The standard InChI is InChI=1S/C15H13N3O5/c1-9-3-4-11(8-14(9)18(22)23)15(19)16-13-6-5-12(17(20)21)7-10(13)2/h3-8H,1-2H3,(H,16,19). The zero-order valence-electron chi connectivity index (χ0n) is 12.4. The zero-order valence-corrected chi connectivity index (χ0v) is 12.4. The van der Waals surface area contributed by atoms with Crippen LogP contribution in [-0.4, -0.2) is 15.8 Å². The van der Waals surface area contributed by atoms with Crippen molar-refractivity contribution in [3.05, 3.63) is 73.3 Å². The molecule has 8 heteroatoms. The number of hydrogen-bond donors (Lipinski definition) is 1. The summed E-state index contributed by atoms with van der Waals surface area (Å²) in [5, 5.41) is 24.2. The van der Waals surface area contributed by atoms with E-state index >= 15 is 0 Å². The van der Waals surface area contributed by atoms with Gasteiger partial charge in [-0.3, -0.25) is 25.0 Å². The minimum atomic E-state index is -0.552. The third-order valence-electron chi connectivity index (χ3n) is 3.34. The lowest BCUT2D eigenvalue weighted by molar-refractivity contribution is -0.385. The molecule has 0 saturated carbocycles. The van der Waals surface area contributed by atoms with Crippen LogP contribution in [0.3, 0.4) is 0 Å². The smallest absolute Gasteiger partial charge is 0.273 e. The summed E-state index contributed by atoms with van der Waals surface area (Å²) < 4.78 is 0. The maximum Gasteiger partial charge on any atom is 0.273 e. The Balaban J connectivity index is 2.27. The molecule has 2 aromatic rings. The van der Waals surface area contributed by atoms with Crippen LogP contribution in [0.1, 0.15) is 21.5 Å². The molecule has 118 valence electrons. The summed E-state index contributed by atoms with van der Waals surface area (Å²) in [5.74, 6) is -0.523. The molecule has 0 heterocycles. The van der Waals surface area contributed by atoms with E-state index in [0.717, 1.165) is 0 Å². The molecule has 0 saturated heterocycles. The number of nitrogens with zero attached hydrogens (tertiary/aromatic N) is 2. The maximum atomic E-state index is 12.2. The molecule has 0 unspecified atom stereocenters. The van der Waals surface area contributed by atoms with Gasteiger partial charge in [-0.25, -0.2) is 0 Å². The lowest BCUT2D eigenvalue weighted by Gasteiger charge is -2.08. The first kappa shape index (κ1) is 16.1. The van der Waals surface area contributed by atoms with Crippen LogP contribution in [0, 0.1) is 34.1 Å². The SMILES string of the molecule is Cc1cc([N+](=O)[O-])ccc1NC(=O)c1ccc(C)c([N+](=O)[O-])c1. The van der Waals surface area contributed by atoms with E-state index in [-0.39, 0.29) is 16.9 Å². The first-order valence-corrected chi connectivity index (χ1v) is 6.61. The van der Waals surface area contributed by atoms with Gasteiger partial charge in [-0.15, -0.1) is 0 Å². The number of benzene rings is 2. The third kappa shape index (κ3) is 3.49. The third-order valence-corrected chi connectivity index (χ3v) is 3.34. The molecule has 2 aromatic carbocycles. The number of nitro benzene ring substituents is 2. The highest BCUT2D eigenvalue weighted by molar-refractivity contribution is 6.05. The van der Waals surface area contributed by atoms with Gasteiger partial charge < -0.3 is 5.32 Å². The second-order valence-corrected chi connectivity index (χ2v) is 4.97. The fourth-order valence-electron chi connectivity index (χ4n) is 2.04. The van der Waals surface area contributed by atoms with Crippen LogP contribution >= 0.6 is 0 Å². The normalized spacial score (nSPS) is 10.2. The predicted octanol–water partition coefficient (Wildman–Crippen LogP) is 3.37. The van der Waals surface area contributed by atoms with Gasteiger partial charge in [0.2, 0.25) is 0 Å². The molecule has 0 aliphatic carbocycles. The molecule has 0 aliphatic rings. The average Bonchev–Trinajstić information content (AvgIpc) is 2.49. The van der Waals surface area contributed by atoms with Gasteiger partial charge in [0.1, 0.15) is 0 Å². The van der Waals surface area contributed by atoms with Crippen LogP contribution in [0.25, 0.3) is 0 Å². The average molecular weight is 315 g/mol. The number of rotatable bonds is 4. The van der Waals surface area contributed by atoms with Crippen molar-refractivity contribution in [3.8, 4) is 0 Å². The summed E-state index contributed by atoms with van der Waals surface area (Å²) >= 11 is 0. The molecular weight excluding hydrogens is 302 g/mol. The highest BCUT2D eigenvalue weighted by Crippen LogP contribution is 2.23. The minimum Gasteiger partial charge on any atom is -0.322 e. The number of amides is 1. The molecule has 0 aliphatic heterocycles. The Hall–Kier alpha value is -3.29. The van der Waals surface area contributed by atoms with E-state index in [9.17, 15) is 25.0 Å². The van der Waals surface area contributed by atoms with Crippen molar-refractivity contribution >= 4 is 23.0 Å². The molecular formula is C15H13N3O5. The van der Waals surface area contributed by atoms with E-state index in [0.29, 0.717) is 16.8 Å². The molecule has 23 heavy (non-hydrogen) atoms. The topological polar surface area (TPSA) is 115 Å². The Morgan fingerprint density at radius 2 is 1.65 bits per heavy atom. The molecule has 0 fully saturated rings. The molecule has 0 bridgehead atoms. The van der Waals surface area contributed by atoms with Crippen molar-refractivity contribution in [3.63, 3.8) is 0 Å². The van der Waals surface area contributed by atoms with Gasteiger partial charge in [-0.2, -0.15) is 0 Å². The summed E-state index contributed by atoms with van der Waals surface area (Å²) in [6, 6.07) is 8.22. The Morgan fingerprint density at radius 3 is 2.22 bits per heavy atom. The first-order chi connectivity index (χ1) is 10.8. The van der Waals surface area contributed by atoms with Gasteiger partial charge in [0.15, 0.2) is 0 Å². The van der Waals surface area contributed by atoms with Gasteiger partial charge in [0.25, 0.3) is 17.3 Å². The number of nitro groups is 2. The second kappa shape index (κ2) is 6.22. The summed E-state index contributed by atoms with van der Waals surface area (Å²) in [5.41, 5.74) is 1.31. The van der Waals surface area contributed by atoms with Crippen molar-refractivity contribution in [1.29, 1.82) is 0 Å². The molecule has 0 spiro atoms. The Kier molecular flexibility index (Phi) is 4.35. The lowest BCUT2D eigenvalue weighted by atomic mass is 10.1. The number of aryl methyl sites for hydroxylation is 2. The van der Waals surface area contributed by atoms with E-state index in [1.165, 1.54) is 36.4 Å². The van der Waals surface area contributed by atoms with Crippen LogP contribution < -0.4 is 5.32 Å². The number of hydrogen-bond acceptors (Lipinski definition) is 5. The van der Waals surface area contributed by atoms with E-state index in [2.05, 4.69) is 5.32 Å². The zero-order chi connectivity index (χ0) is 17.1. The van der Waals surface area contributed by atoms with Gasteiger partial charge in [-0.05, 0) is 31.5 Å². The monoisotopic (exact) mass is 315 g/mol. The fraction of sp³-hybridized carbons (Fsp3) is 0.133. The van der Waals surface area contributed by atoms with Gasteiger partial charge in [-0.1, -0.05) is 6.07 Å². The molecule has 2 rings (SSSR count). The fourth-order valence-corrected chi connectivity index (χ4v) is 2.04. The van der Waals surface area contributed by atoms with Gasteiger partial charge in [0, 0.05) is 35.0 Å². The summed E-state index contributed by atoms with van der Waals surface area (Å²) in [4.78, 5) is 32.7.